The summed E-state index contributed by atoms with van der Waals surface area (Å²) in [6.07, 6.45) is 8.66. The van der Waals surface area contributed by atoms with Crippen LogP contribution in [0.25, 0.3) is 0 Å². The van der Waals surface area contributed by atoms with Gasteiger partial charge >= 0.3 is 0 Å². The normalized spacial score (nSPS) is 12.9. The molecule has 0 nitrogen and oxygen atoms in total. The number of hydrogen-bond donors (Lipinski definition) is 0. The molecule has 0 aliphatic carbocycles. The zero-order valence-electron chi connectivity index (χ0n) is 7.40. The van der Waals surface area contributed by atoms with Crippen LogP contribution in [0.4, 0.5) is 0 Å². The molecule has 0 aromatic rings. The van der Waals surface area contributed by atoms with E-state index in [0.717, 1.165) is 5.92 Å². The molecule has 0 fully saturated rings. The van der Waals surface area contributed by atoms with Gasteiger partial charge in [0, 0.05) is 0 Å². The van der Waals surface area contributed by atoms with Gasteiger partial charge < -0.3 is 0 Å². The Balaban J connectivity index is 3.29. The van der Waals surface area contributed by atoms with Crippen molar-refractivity contribution in [2.24, 2.45) is 5.92 Å². The van der Waals surface area contributed by atoms with E-state index in [0.29, 0.717) is 0 Å². The van der Waals surface area contributed by atoms with Gasteiger partial charge in [0.15, 0.2) is 0 Å². The first kappa shape index (κ1) is 9.80. The van der Waals surface area contributed by atoms with Crippen LogP contribution in [0.15, 0.2) is 12.7 Å². The van der Waals surface area contributed by atoms with Crippen molar-refractivity contribution in [1.82, 2.24) is 0 Å². The molecule has 0 amide bonds. The molecule has 0 rings (SSSR count). The van der Waals surface area contributed by atoms with Crippen molar-refractivity contribution in [2.45, 2.75) is 38.9 Å². The summed E-state index contributed by atoms with van der Waals surface area (Å²) < 4.78 is 0. The van der Waals surface area contributed by atoms with Gasteiger partial charge in [-0.25, -0.2) is 0 Å². The second-order valence-electron chi connectivity index (χ2n) is 2.94. The van der Waals surface area contributed by atoms with Crippen LogP contribution in [0.5, 0.6) is 0 Å². The second-order valence-corrected chi connectivity index (χ2v) is 2.94. The van der Waals surface area contributed by atoms with Gasteiger partial charge in [-0.05, 0) is 12.3 Å². The van der Waals surface area contributed by atoms with Crippen LogP contribution in [0, 0.1) is 5.92 Å². The smallest absolute Gasteiger partial charge is 0.101 e. The summed E-state index contributed by atoms with van der Waals surface area (Å²) in [6.45, 7) is 6.01. The maximum absolute atomic E-state index is 3.76. The van der Waals surface area contributed by atoms with E-state index in [1.54, 1.807) is 0 Å². The molecule has 0 N–H and O–H groups in total. The number of hydrogen-bond acceptors (Lipinski definition) is 0. The van der Waals surface area contributed by atoms with Crippen LogP contribution >= 0.6 is 0 Å². The number of rotatable bonds is 6. The first-order chi connectivity index (χ1) is 4.85. The number of unbranched alkanes of at least 4 members (excludes halogenated alkanes) is 1. The highest BCUT2D eigenvalue weighted by Crippen LogP contribution is 2.15. The van der Waals surface area contributed by atoms with Gasteiger partial charge in [0.05, 0.1) is 0 Å². The lowest BCUT2D eigenvalue weighted by molar-refractivity contribution is 0.512. The topological polar surface area (TPSA) is 0 Å². The molecule has 58 valence electrons. The SMILES string of the molecule is BCC(CC=C)CCCC. The quantitative estimate of drug-likeness (QED) is 0.390. The highest BCUT2D eigenvalue weighted by molar-refractivity contribution is 6.08. The van der Waals surface area contributed by atoms with Gasteiger partial charge in [-0.3, -0.25) is 0 Å². The molecule has 0 saturated carbocycles. The van der Waals surface area contributed by atoms with Gasteiger partial charge in [0.2, 0.25) is 0 Å². The summed E-state index contributed by atoms with van der Waals surface area (Å²) in [5.41, 5.74) is 0. The molecule has 0 spiro atoms. The molecule has 1 unspecified atom stereocenters. The lowest BCUT2D eigenvalue weighted by Crippen LogP contribution is -1.97. The van der Waals surface area contributed by atoms with Crippen molar-refractivity contribution >= 4 is 7.85 Å². The predicted molar refractivity (Wildman–Crippen MR) is 51.2 cm³/mol. The van der Waals surface area contributed by atoms with Crippen LogP contribution in [0.3, 0.4) is 0 Å². The van der Waals surface area contributed by atoms with Crippen LogP contribution < -0.4 is 0 Å². The molecule has 0 aliphatic rings. The van der Waals surface area contributed by atoms with Crippen molar-refractivity contribution in [1.29, 1.82) is 0 Å². The molecule has 0 aromatic carbocycles. The van der Waals surface area contributed by atoms with Gasteiger partial charge in [-0.1, -0.05) is 38.6 Å². The molecule has 0 bridgehead atoms. The Hall–Kier alpha value is -0.195. The average molecular weight is 138 g/mol. The van der Waals surface area contributed by atoms with Gasteiger partial charge in [0.25, 0.3) is 0 Å². The largest absolute Gasteiger partial charge is 0.103 e. The maximum atomic E-state index is 3.76. The molecule has 1 atom stereocenters. The van der Waals surface area contributed by atoms with Crippen LogP contribution in [0.2, 0.25) is 6.32 Å². The minimum atomic E-state index is 0.900. The Kier molecular flexibility index (Phi) is 6.78. The van der Waals surface area contributed by atoms with Crippen LogP contribution in [0.1, 0.15) is 32.6 Å². The summed E-state index contributed by atoms with van der Waals surface area (Å²) in [4.78, 5) is 0. The molecule has 10 heavy (non-hydrogen) atoms. The summed E-state index contributed by atoms with van der Waals surface area (Å²) in [6, 6.07) is 0. The Morgan fingerprint density at radius 1 is 1.60 bits per heavy atom. The fourth-order valence-electron chi connectivity index (χ4n) is 1.22. The maximum Gasteiger partial charge on any atom is 0.101 e. The minimum absolute atomic E-state index is 0.900. The minimum Gasteiger partial charge on any atom is -0.103 e. The Morgan fingerprint density at radius 3 is 2.70 bits per heavy atom. The standard InChI is InChI=1S/C9H19B/c1-3-5-7-9(8-10)6-4-2/h4,9H,2-3,5-8,10H2,1H3. The molecular formula is C9H19B. The third-order valence-corrected chi connectivity index (χ3v) is 2.04. The average Bonchev–Trinajstić information content (AvgIpc) is 1.98. The summed E-state index contributed by atoms with van der Waals surface area (Å²) in [5.74, 6) is 0.900. The molecule has 0 aliphatic heterocycles. The molecule has 0 heterocycles. The highest BCUT2D eigenvalue weighted by atomic mass is 14.0. The van der Waals surface area contributed by atoms with Gasteiger partial charge in [0.1, 0.15) is 7.85 Å². The van der Waals surface area contributed by atoms with E-state index in [2.05, 4.69) is 21.3 Å². The Labute approximate surface area is 66.1 Å². The van der Waals surface area contributed by atoms with E-state index < -0.39 is 0 Å². The van der Waals surface area contributed by atoms with Crippen molar-refractivity contribution in [2.75, 3.05) is 0 Å². The summed E-state index contributed by atoms with van der Waals surface area (Å²) >= 11 is 0. The van der Waals surface area contributed by atoms with E-state index in [1.165, 1.54) is 32.0 Å². The zero-order valence-corrected chi connectivity index (χ0v) is 7.40. The van der Waals surface area contributed by atoms with E-state index in [9.17, 15) is 0 Å². The fourth-order valence-corrected chi connectivity index (χ4v) is 1.22. The third kappa shape index (κ3) is 4.66. The van der Waals surface area contributed by atoms with Crippen molar-refractivity contribution in [3.63, 3.8) is 0 Å². The molecule has 0 aromatic heterocycles. The molecule has 0 saturated heterocycles. The van der Waals surface area contributed by atoms with Gasteiger partial charge in [-0.2, -0.15) is 0 Å². The molecule has 0 radical (unpaired) electrons. The monoisotopic (exact) mass is 138 g/mol. The lowest BCUT2D eigenvalue weighted by atomic mass is 9.85. The van der Waals surface area contributed by atoms with Crippen molar-refractivity contribution in [3.05, 3.63) is 12.7 Å². The highest BCUT2D eigenvalue weighted by Gasteiger charge is 2.01. The van der Waals surface area contributed by atoms with E-state index in [1.807, 2.05) is 6.08 Å². The van der Waals surface area contributed by atoms with E-state index in [4.69, 9.17) is 0 Å². The van der Waals surface area contributed by atoms with E-state index >= 15 is 0 Å². The lowest BCUT2D eigenvalue weighted by Gasteiger charge is -2.10. The first-order valence-electron chi connectivity index (χ1n) is 4.46. The number of allylic oxidation sites excluding steroid dienone is 1. The first-order valence-corrected chi connectivity index (χ1v) is 4.46. The third-order valence-electron chi connectivity index (χ3n) is 2.04. The summed E-state index contributed by atoms with van der Waals surface area (Å²) in [7, 11) is 2.27. The van der Waals surface area contributed by atoms with E-state index in [-0.39, 0.29) is 0 Å². The predicted octanol–water partition coefficient (Wildman–Crippen LogP) is 2.42. The van der Waals surface area contributed by atoms with Crippen molar-refractivity contribution in [3.8, 4) is 0 Å². The molecular weight excluding hydrogens is 119 g/mol. The zero-order chi connectivity index (χ0) is 7.82. The fraction of sp³-hybridized carbons (Fsp3) is 0.778. The van der Waals surface area contributed by atoms with Crippen LogP contribution in [-0.2, 0) is 0 Å². The van der Waals surface area contributed by atoms with Gasteiger partial charge in [-0.15, -0.1) is 6.58 Å². The Bertz CT molecular complexity index is 78.8. The molecule has 1 heteroatoms. The summed E-state index contributed by atoms with van der Waals surface area (Å²) in [5, 5.41) is 0. The second kappa shape index (κ2) is 6.92. The van der Waals surface area contributed by atoms with Crippen LogP contribution in [-0.4, -0.2) is 7.85 Å². The Morgan fingerprint density at radius 2 is 2.30 bits per heavy atom. The van der Waals surface area contributed by atoms with Crippen molar-refractivity contribution < 1.29 is 0 Å².